The molecule has 0 aliphatic carbocycles. The highest BCUT2D eigenvalue weighted by molar-refractivity contribution is 7.90. The van der Waals surface area contributed by atoms with E-state index in [2.05, 4.69) is 10.3 Å². The molecule has 0 spiro atoms. The minimum atomic E-state index is -4.60. The third-order valence-corrected chi connectivity index (χ3v) is 5.57. The van der Waals surface area contributed by atoms with E-state index in [4.69, 9.17) is 0 Å². The molecule has 0 unspecified atom stereocenters. The predicted octanol–water partition coefficient (Wildman–Crippen LogP) is 3.08. The maximum atomic E-state index is 14.2. The Balaban J connectivity index is 0.00000280. The summed E-state index contributed by atoms with van der Waals surface area (Å²) in [5.41, 5.74) is 0.882. The molecular formula is C18H15ClF2N4O2S. The van der Waals surface area contributed by atoms with Gasteiger partial charge in [-0.05, 0) is 42.9 Å². The molecule has 1 N–H and O–H groups in total. The largest absolute Gasteiger partial charge is 0.316 e. The highest BCUT2D eigenvalue weighted by Gasteiger charge is 2.29. The van der Waals surface area contributed by atoms with Crippen LogP contribution < -0.4 is 5.32 Å². The third-order valence-electron chi connectivity index (χ3n) is 3.85. The molecule has 0 bridgehead atoms. The van der Waals surface area contributed by atoms with Crippen molar-refractivity contribution in [2.75, 3.05) is 7.05 Å². The van der Waals surface area contributed by atoms with E-state index in [0.717, 1.165) is 22.2 Å². The number of benzene rings is 1. The van der Waals surface area contributed by atoms with Crippen LogP contribution in [0.2, 0.25) is 0 Å². The Bertz CT molecular complexity index is 1140. The number of hydrogen-bond acceptors (Lipinski definition) is 5. The van der Waals surface area contributed by atoms with Gasteiger partial charge in [0.2, 0.25) is 0 Å². The maximum absolute atomic E-state index is 14.2. The van der Waals surface area contributed by atoms with E-state index in [-0.39, 0.29) is 29.4 Å². The van der Waals surface area contributed by atoms with Crippen molar-refractivity contribution in [1.29, 1.82) is 5.26 Å². The SMILES string of the molecule is CNCc1cc(-c2cccnc2C#N)n(S(=O)(=O)c2c(F)cccc2F)c1.Cl. The summed E-state index contributed by atoms with van der Waals surface area (Å²) in [4.78, 5) is 2.87. The van der Waals surface area contributed by atoms with E-state index in [1.54, 1.807) is 13.1 Å². The van der Waals surface area contributed by atoms with E-state index < -0.39 is 26.6 Å². The van der Waals surface area contributed by atoms with Crippen LogP contribution >= 0.6 is 12.4 Å². The average Bonchev–Trinajstić information content (AvgIpc) is 3.06. The number of rotatable bonds is 5. The molecule has 0 amide bonds. The monoisotopic (exact) mass is 424 g/mol. The van der Waals surface area contributed by atoms with E-state index in [1.165, 1.54) is 24.5 Å². The lowest BCUT2D eigenvalue weighted by Crippen LogP contribution is -2.17. The topological polar surface area (TPSA) is 87.8 Å². The van der Waals surface area contributed by atoms with Crippen molar-refractivity contribution in [1.82, 2.24) is 14.3 Å². The lowest BCUT2D eigenvalue weighted by atomic mass is 10.1. The van der Waals surface area contributed by atoms with Crippen LogP contribution in [0, 0.1) is 23.0 Å². The van der Waals surface area contributed by atoms with Gasteiger partial charge in [0.25, 0.3) is 10.0 Å². The molecule has 1 aromatic carbocycles. The van der Waals surface area contributed by atoms with Gasteiger partial charge in [-0.3, -0.25) is 0 Å². The molecule has 0 radical (unpaired) electrons. The maximum Gasteiger partial charge on any atom is 0.274 e. The first-order valence-corrected chi connectivity index (χ1v) is 9.25. The molecule has 0 saturated carbocycles. The summed E-state index contributed by atoms with van der Waals surface area (Å²) in [5, 5.41) is 12.2. The Morgan fingerprint density at radius 2 is 1.89 bits per heavy atom. The highest BCUT2D eigenvalue weighted by Crippen LogP contribution is 2.30. The van der Waals surface area contributed by atoms with E-state index in [0.29, 0.717) is 12.1 Å². The van der Waals surface area contributed by atoms with Crippen LogP contribution in [0.25, 0.3) is 11.3 Å². The van der Waals surface area contributed by atoms with Gasteiger partial charge in [0.15, 0.2) is 4.90 Å². The number of nitrogens with zero attached hydrogens (tertiary/aromatic N) is 3. The van der Waals surface area contributed by atoms with Crippen LogP contribution in [0.4, 0.5) is 8.78 Å². The zero-order valence-corrected chi connectivity index (χ0v) is 16.2. The second-order valence-corrected chi connectivity index (χ2v) is 7.38. The number of aromatic nitrogens is 2. The summed E-state index contributed by atoms with van der Waals surface area (Å²) in [7, 11) is -2.93. The zero-order chi connectivity index (χ0) is 19.6. The smallest absolute Gasteiger partial charge is 0.274 e. The van der Waals surface area contributed by atoms with Gasteiger partial charge in [-0.1, -0.05) is 6.07 Å². The number of nitriles is 1. The highest BCUT2D eigenvalue weighted by atomic mass is 35.5. The fraction of sp³-hybridized carbons (Fsp3) is 0.111. The van der Waals surface area contributed by atoms with E-state index in [1.807, 2.05) is 6.07 Å². The summed E-state index contributed by atoms with van der Waals surface area (Å²) >= 11 is 0. The summed E-state index contributed by atoms with van der Waals surface area (Å²) in [6, 6.07) is 9.32. The first-order chi connectivity index (χ1) is 12.9. The van der Waals surface area contributed by atoms with Crippen molar-refractivity contribution >= 4 is 22.4 Å². The fourth-order valence-corrected chi connectivity index (χ4v) is 4.23. The summed E-state index contributed by atoms with van der Waals surface area (Å²) in [6.45, 7) is 0.317. The Kier molecular flexibility index (Phi) is 6.51. The Morgan fingerprint density at radius 3 is 2.50 bits per heavy atom. The lowest BCUT2D eigenvalue weighted by molar-refractivity contribution is 0.516. The summed E-state index contributed by atoms with van der Waals surface area (Å²) < 4.78 is 55.2. The van der Waals surface area contributed by atoms with Crippen molar-refractivity contribution in [3.63, 3.8) is 0 Å². The zero-order valence-electron chi connectivity index (χ0n) is 14.6. The number of halogens is 3. The van der Waals surface area contributed by atoms with Crippen LogP contribution in [0.3, 0.4) is 0 Å². The van der Waals surface area contributed by atoms with Crippen LogP contribution in [0.1, 0.15) is 11.3 Å². The minimum Gasteiger partial charge on any atom is -0.316 e. The van der Waals surface area contributed by atoms with Gasteiger partial charge in [-0.2, -0.15) is 5.26 Å². The van der Waals surface area contributed by atoms with Crippen molar-refractivity contribution < 1.29 is 17.2 Å². The normalized spacial score (nSPS) is 10.9. The van der Waals surface area contributed by atoms with Crippen LogP contribution in [0.5, 0.6) is 0 Å². The van der Waals surface area contributed by atoms with Gasteiger partial charge in [0.05, 0.1) is 5.69 Å². The lowest BCUT2D eigenvalue weighted by Gasteiger charge is -2.12. The summed E-state index contributed by atoms with van der Waals surface area (Å²) in [6.07, 6.45) is 2.66. The molecule has 146 valence electrons. The molecule has 0 fully saturated rings. The molecule has 3 aromatic rings. The van der Waals surface area contributed by atoms with Gasteiger partial charge < -0.3 is 5.32 Å². The van der Waals surface area contributed by atoms with Crippen molar-refractivity contribution in [3.05, 3.63) is 71.7 Å². The molecule has 28 heavy (non-hydrogen) atoms. The van der Waals surface area contributed by atoms with Gasteiger partial charge in [-0.25, -0.2) is 26.2 Å². The van der Waals surface area contributed by atoms with Gasteiger partial charge >= 0.3 is 0 Å². The first-order valence-electron chi connectivity index (χ1n) is 7.81. The number of pyridine rings is 1. The first kappa shape index (κ1) is 21.5. The van der Waals surface area contributed by atoms with Crippen molar-refractivity contribution in [3.8, 4) is 17.3 Å². The molecule has 2 aromatic heterocycles. The molecule has 0 aliphatic rings. The minimum absolute atomic E-state index is 0. The fourth-order valence-electron chi connectivity index (χ4n) is 2.72. The molecule has 0 atom stereocenters. The molecule has 0 aliphatic heterocycles. The second-order valence-electron chi connectivity index (χ2n) is 5.63. The standard InChI is InChI=1S/C18H14F2N4O2S.ClH/c1-22-10-12-8-17(13-4-3-7-23-16(13)9-21)24(11-12)27(25,26)18-14(19)5-2-6-15(18)20;/h2-8,11,22H,10H2,1H3;1H. The Labute approximate surface area is 166 Å². The second kappa shape index (κ2) is 8.48. The van der Waals surface area contributed by atoms with Crippen LogP contribution in [-0.4, -0.2) is 24.4 Å². The van der Waals surface area contributed by atoms with Crippen molar-refractivity contribution in [2.45, 2.75) is 11.4 Å². The number of hydrogen-bond donors (Lipinski definition) is 1. The van der Waals surface area contributed by atoms with Gasteiger partial charge in [-0.15, -0.1) is 12.4 Å². The third kappa shape index (κ3) is 3.75. The molecule has 3 rings (SSSR count). The average molecular weight is 425 g/mol. The molecule has 0 saturated heterocycles. The van der Waals surface area contributed by atoms with Crippen molar-refractivity contribution in [2.24, 2.45) is 0 Å². The van der Waals surface area contributed by atoms with Crippen LogP contribution in [-0.2, 0) is 16.6 Å². The molecule has 6 nitrogen and oxygen atoms in total. The van der Waals surface area contributed by atoms with Crippen LogP contribution in [0.15, 0.2) is 53.7 Å². The van der Waals surface area contributed by atoms with Gasteiger partial charge in [0, 0.05) is 24.5 Å². The molecule has 10 heteroatoms. The van der Waals surface area contributed by atoms with Gasteiger partial charge in [0.1, 0.15) is 23.4 Å². The quantitative estimate of drug-likeness (QED) is 0.680. The predicted molar refractivity (Wildman–Crippen MR) is 101 cm³/mol. The Morgan fingerprint density at radius 1 is 1.21 bits per heavy atom. The van der Waals surface area contributed by atoms with E-state index in [9.17, 15) is 22.5 Å². The van der Waals surface area contributed by atoms with E-state index >= 15 is 0 Å². The summed E-state index contributed by atoms with van der Waals surface area (Å²) in [5.74, 6) is -2.40. The molecule has 2 heterocycles. The molecular weight excluding hydrogens is 410 g/mol. The Hall–Kier alpha value is -2.80. The number of nitrogens with one attached hydrogen (secondary N) is 1.